The van der Waals surface area contributed by atoms with E-state index in [1.54, 1.807) is 6.07 Å². The van der Waals surface area contributed by atoms with Crippen LogP contribution in [0.15, 0.2) is 18.2 Å². The number of benzene rings is 1. The van der Waals surface area contributed by atoms with Crippen LogP contribution in [0.3, 0.4) is 0 Å². The van der Waals surface area contributed by atoms with Gasteiger partial charge >= 0.3 is 6.03 Å². The molecule has 0 aromatic heterocycles. The number of hydrogen-bond acceptors (Lipinski definition) is 3. The number of amides is 2. The van der Waals surface area contributed by atoms with Gasteiger partial charge in [-0.25, -0.2) is 4.79 Å². The number of nitro benzene ring substituents is 1. The molecule has 1 aliphatic rings. The summed E-state index contributed by atoms with van der Waals surface area (Å²) in [5.41, 5.74) is 0.509. The first-order valence-corrected chi connectivity index (χ1v) is 4.94. The van der Waals surface area contributed by atoms with Crippen LogP contribution in [0, 0.1) is 10.1 Å². The van der Waals surface area contributed by atoms with Crippen LogP contribution in [0.4, 0.5) is 10.5 Å². The molecule has 2 rings (SSSR count). The normalized spacial score (nSPS) is 19.1. The highest BCUT2D eigenvalue weighted by molar-refractivity contribution is 6.32. The van der Waals surface area contributed by atoms with E-state index in [-0.39, 0.29) is 22.8 Å². The summed E-state index contributed by atoms with van der Waals surface area (Å²) in [4.78, 5) is 21.1. The van der Waals surface area contributed by atoms with Gasteiger partial charge in [-0.2, -0.15) is 0 Å². The summed E-state index contributed by atoms with van der Waals surface area (Å²) in [6, 6.07) is 3.97. The average Bonchev–Trinajstić information content (AvgIpc) is 2.65. The van der Waals surface area contributed by atoms with Gasteiger partial charge in [0.05, 0.1) is 11.0 Å². The second-order valence-corrected chi connectivity index (χ2v) is 3.78. The van der Waals surface area contributed by atoms with Gasteiger partial charge in [-0.15, -0.1) is 0 Å². The molecule has 1 fully saturated rings. The Morgan fingerprint density at radius 3 is 2.81 bits per heavy atom. The van der Waals surface area contributed by atoms with Crippen molar-refractivity contribution in [2.24, 2.45) is 0 Å². The van der Waals surface area contributed by atoms with Gasteiger partial charge in [0.1, 0.15) is 5.02 Å². The third-order valence-electron chi connectivity index (χ3n) is 2.34. The van der Waals surface area contributed by atoms with Crippen molar-refractivity contribution in [3.63, 3.8) is 0 Å². The monoisotopic (exact) mass is 241 g/mol. The van der Waals surface area contributed by atoms with E-state index in [4.69, 9.17) is 11.6 Å². The van der Waals surface area contributed by atoms with E-state index >= 15 is 0 Å². The predicted octanol–water partition coefficient (Wildman–Crippen LogP) is 1.60. The Hall–Kier alpha value is -1.82. The molecular weight excluding hydrogens is 234 g/mol. The van der Waals surface area contributed by atoms with Crippen molar-refractivity contribution >= 4 is 23.3 Å². The number of nitro groups is 1. The summed E-state index contributed by atoms with van der Waals surface area (Å²) in [6.07, 6.45) is 0. The zero-order chi connectivity index (χ0) is 11.7. The van der Waals surface area contributed by atoms with Crippen molar-refractivity contribution < 1.29 is 9.72 Å². The molecule has 84 valence electrons. The molecule has 0 unspecified atom stereocenters. The maximum atomic E-state index is 10.9. The minimum Gasteiger partial charge on any atom is -0.336 e. The van der Waals surface area contributed by atoms with Crippen molar-refractivity contribution in [1.82, 2.24) is 10.6 Å². The predicted molar refractivity (Wildman–Crippen MR) is 57.4 cm³/mol. The maximum absolute atomic E-state index is 10.9. The molecule has 7 heteroatoms. The number of carbonyl (C=O) groups excluding carboxylic acids is 1. The molecular formula is C9H8ClN3O3. The van der Waals surface area contributed by atoms with Crippen molar-refractivity contribution in [3.05, 3.63) is 38.9 Å². The van der Waals surface area contributed by atoms with Gasteiger partial charge in [-0.05, 0) is 11.6 Å². The number of hydrogen-bond donors (Lipinski definition) is 2. The molecule has 16 heavy (non-hydrogen) atoms. The smallest absolute Gasteiger partial charge is 0.315 e. The number of carbonyl (C=O) groups is 1. The van der Waals surface area contributed by atoms with Gasteiger partial charge < -0.3 is 10.6 Å². The molecule has 1 saturated heterocycles. The van der Waals surface area contributed by atoms with Crippen LogP contribution in [0.25, 0.3) is 0 Å². The van der Waals surface area contributed by atoms with Crippen molar-refractivity contribution in [1.29, 1.82) is 0 Å². The van der Waals surface area contributed by atoms with Crippen LogP contribution in [-0.4, -0.2) is 17.5 Å². The highest BCUT2D eigenvalue weighted by atomic mass is 35.5. The van der Waals surface area contributed by atoms with Gasteiger partial charge in [0, 0.05) is 12.6 Å². The number of urea groups is 1. The Kier molecular flexibility index (Phi) is 2.66. The van der Waals surface area contributed by atoms with E-state index in [1.807, 2.05) is 0 Å². The quantitative estimate of drug-likeness (QED) is 0.609. The van der Waals surface area contributed by atoms with Crippen molar-refractivity contribution in [2.45, 2.75) is 6.04 Å². The van der Waals surface area contributed by atoms with Gasteiger partial charge in [0.25, 0.3) is 5.69 Å². The molecule has 6 nitrogen and oxygen atoms in total. The summed E-state index contributed by atoms with van der Waals surface area (Å²) in [5, 5.41) is 16.0. The van der Waals surface area contributed by atoms with Gasteiger partial charge in [-0.3, -0.25) is 10.1 Å². The van der Waals surface area contributed by atoms with E-state index in [1.165, 1.54) is 12.1 Å². The van der Waals surface area contributed by atoms with Gasteiger partial charge in [0.15, 0.2) is 0 Å². The highest BCUT2D eigenvalue weighted by Gasteiger charge is 2.24. The Morgan fingerprint density at radius 1 is 1.50 bits per heavy atom. The highest BCUT2D eigenvalue weighted by Crippen LogP contribution is 2.28. The van der Waals surface area contributed by atoms with Crippen LogP contribution in [0.2, 0.25) is 5.02 Å². The molecule has 1 aromatic carbocycles. The van der Waals surface area contributed by atoms with Crippen molar-refractivity contribution in [3.8, 4) is 0 Å². The lowest BCUT2D eigenvalue weighted by Crippen LogP contribution is -2.21. The second kappa shape index (κ2) is 3.97. The first-order chi connectivity index (χ1) is 7.58. The fourth-order valence-corrected chi connectivity index (χ4v) is 1.73. The Bertz CT molecular complexity index is 463. The average molecular weight is 242 g/mol. The summed E-state index contributed by atoms with van der Waals surface area (Å²) < 4.78 is 0. The molecule has 0 saturated carbocycles. The molecule has 0 radical (unpaired) electrons. The topological polar surface area (TPSA) is 84.3 Å². The van der Waals surface area contributed by atoms with E-state index in [0.29, 0.717) is 12.1 Å². The standard InChI is InChI=1S/C9H8ClN3O3/c10-6-2-1-5(3-8(6)13(15)16)7-4-11-9(14)12-7/h1-3,7H,4H2,(H2,11,12,14)/t7-/m0/s1. The largest absolute Gasteiger partial charge is 0.336 e. The molecule has 0 spiro atoms. The summed E-state index contributed by atoms with van der Waals surface area (Å²) >= 11 is 5.68. The number of nitrogens with one attached hydrogen (secondary N) is 2. The Morgan fingerprint density at radius 2 is 2.25 bits per heavy atom. The minimum absolute atomic E-state index is 0.0889. The molecule has 2 N–H and O–H groups in total. The molecule has 2 amide bonds. The second-order valence-electron chi connectivity index (χ2n) is 3.37. The fourth-order valence-electron chi connectivity index (χ4n) is 1.54. The fraction of sp³-hybridized carbons (Fsp3) is 0.222. The number of halogens is 1. The van der Waals surface area contributed by atoms with Gasteiger partial charge in [0.2, 0.25) is 0 Å². The SMILES string of the molecule is O=C1NC[C@@H](c2ccc(Cl)c([N+](=O)[O-])c2)N1. The summed E-state index contributed by atoms with van der Waals surface area (Å²) in [5.74, 6) is 0. The zero-order valence-corrected chi connectivity index (χ0v) is 8.82. The third-order valence-corrected chi connectivity index (χ3v) is 2.66. The molecule has 1 aliphatic heterocycles. The van der Waals surface area contributed by atoms with E-state index in [2.05, 4.69) is 10.6 Å². The number of rotatable bonds is 2. The Labute approximate surface area is 95.7 Å². The molecule has 1 aromatic rings. The number of nitrogens with zero attached hydrogens (tertiary/aromatic N) is 1. The van der Waals surface area contributed by atoms with Crippen LogP contribution < -0.4 is 10.6 Å². The van der Waals surface area contributed by atoms with E-state index < -0.39 is 4.92 Å². The zero-order valence-electron chi connectivity index (χ0n) is 8.07. The van der Waals surface area contributed by atoms with Crippen LogP contribution in [0.5, 0.6) is 0 Å². The lowest BCUT2D eigenvalue weighted by atomic mass is 10.1. The van der Waals surface area contributed by atoms with E-state index in [9.17, 15) is 14.9 Å². The third kappa shape index (κ3) is 1.92. The summed E-state index contributed by atoms with van der Waals surface area (Å²) in [7, 11) is 0. The lowest BCUT2D eigenvalue weighted by molar-refractivity contribution is -0.384. The molecule has 0 aliphatic carbocycles. The van der Waals surface area contributed by atoms with Crippen LogP contribution in [-0.2, 0) is 0 Å². The molecule has 0 bridgehead atoms. The molecule has 1 atom stereocenters. The minimum atomic E-state index is -0.546. The van der Waals surface area contributed by atoms with Crippen LogP contribution >= 0.6 is 11.6 Å². The maximum Gasteiger partial charge on any atom is 0.315 e. The Balaban J connectivity index is 2.32. The molecule has 1 heterocycles. The van der Waals surface area contributed by atoms with E-state index in [0.717, 1.165) is 0 Å². The van der Waals surface area contributed by atoms with Crippen molar-refractivity contribution in [2.75, 3.05) is 6.54 Å². The first-order valence-electron chi connectivity index (χ1n) is 4.56. The lowest BCUT2D eigenvalue weighted by Gasteiger charge is -2.08. The first kappa shape index (κ1) is 10.7. The van der Waals surface area contributed by atoms with Gasteiger partial charge in [-0.1, -0.05) is 17.7 Å². The summed E-state index contributed by atoms with van der Waals surface area (Å²) in [6.45, 7) is 0.414. The van der Waals surface area contributed by atoms with Crippen LogP contribution in [0.1, 0.15) is 11.6 Å².